The molecule has 1 atom stereocenters. The summed E-state index contributed by atoms with van der Waals surface area (Å²) in [6, 6.07) is 10.0. The summed E-state index contributed by atoms with van der Waals surface area (Å²) in [5.41, 5.74) is 1.01. The smallest absolute Gasteiger partial charge is 0.270 e. The molecule has 2 N–H and O–H groups in total. The second kappa shape index (κ2) is 9.99. The summed E-state index contributed by atoms with van der Waals surface area (Å²) in [4.78, 5) is 38.0. The lowest BCUT2D eigenvalue weighted by Crippen LogP contribution is -2.52. The number of phenols is 1. The van der Waals surface area contributed by atoms with E-state index < -0.39 is 16.9 Å². The van der Waals surface area contributed by atoms with Gasteiger partial charge >= 0.3 is 0 Å². The van der Waals surface area contributed by atoms with Crippen molar-refractivity contribution in [1.29, 1.82) is 0 Å². The van der Waals surface area contributed by atoms with E-state index in [2.05, 4.69) is 5.32 Å². The van der Waals surface area contributed by atoms with Gasteiger partial charge in [-0.05, 0) is 48.4 Å². The fourth-order valence-corrected chi connectivity index (χ4v) is 4.17. The van der Waals surface area contributed by atoms with Gasteiger partial charge < -0.3 is 15.3 Å². The van der Waals surface area contributed by atoms with Gasteiger partial charge in [-0.25, -0.2) is 0 Å². The van der Waals surface area contributed by atoms with Gasteiger partial charge in [0.25, 0.3) is 11.6 Å². The largest absolute Gasteiger partial charge is 0.508 e. The molecule has 1 fully saturated rings. The number of aromatic hydroxyl groups is 1. The monoisotopic (exact) mass is 459 g/mol. The van der Waals surface area contributed by atoms with Gasteiger partial charge in [0.2, 0.25) is 5.91 Å². The molecule has 2 aromatic rings. The molecule has 9 heteroatoms. The first kappa shape index (κ1) is 23.5. The molecule has 8 nitrogen and oxygen atoms in total. The van der Waals surface area contributed by atoms with Crippen LogP contribution in [-0.4, -0.2) is 45.9 Å². The molecule has 3 rings (SSSR count). The topological polar surface area (TPSA) is 113 Å². The first-order valence-corrected chi connectivity index (χ1v) is 10.9. The molecule has 0 spiro atoms. The highest BCUT2D eigenvalue weighted by atomic mass is 35.5. The average Bonchev–Trinajstić information content (AvgIpc) is 2.77. The van der Waals surface area contributed by atoms with Crippen molar-refractivity contribution in [3.8, 4) is 5.75 Å². The molecule has 32 heavy (non-hydrogen) atoms. The highest BCUT2D eigenvalue weighted by molar-refractivity contribution is 6.34. The van der Waals surface area contributed by atoms with E-state index in [1.54, 1.807) is 17.0 Å². The summed E-state index contributed by atoms with van der Waals surface area (Å²) in [5.74, 6) is -0.319. The van der Waals surface area contributed by atoms with E-state index in [0.29, 0.717) is 19.0 Å². The van der Waals surface area contributed by atoms with Crippen LogP contribution in [0, 0.1) is 16.0 Å². The molecule has 0 aromatic heterocycles. The van der Waals surface area contributed by atoms with Gasteiger partial charge in [0.15, 0.2) is 0 Å². The number of nitro benzene ring substituents is 1. The number of phenolic OH excluding ortho intramolecular Hbond substituents is 1. The quantitative estimate of drug-likeness (QED) is 0.498. The Hall–Kier alpha value is -3.13. The van der Waals surface area contributed by atoms with Crippen LogP contribution in [-0.2, 0) is 4.79 Å². The number of hydrogen-bond acceptors (Lipinski definition) is 5. The van der Waals surface area contributed by atoms with E-state index >= 15 is 0 Å². The zero-order valence-electron chi connectivity index (χ0n) is 18.0. The van der Waals surface area contributed by atoms with Crippen molar-refractivity contribution < 1.29 is 19.6 Å². The Kier molecular flexibility index (Phi) is 7.35. The molecule has 1 saturated heterocycles. The van der Waals surface area contributed by atoms with Crippen molar-refractivity contribution in [2.45, 2.75) is 38.6 Å². The summed E-state index contributed by atoms with van der Waals surface area (Å²) in [6.07, 6.45) is 1.59. The highest BCUT2D eigenvalue weighted by Crippen LogP contribution is 2.30. The third-order valence-electron chi connectivity index (χ3n) is 5.80. The number of nitrogens with one attached hydrogen (secondary N) is 1. The van der Waals surface area contributed by atoms with Crippen molar-refractivity contribution in [3.05, 3.63) is 68.7 Å². The Morgan fingerprint density at radius 3 is 2.31 bits per heavy atom. The van der Waals surface area contributed by atoms with Crippen LogP contribution >= 0.6 is 11.6 Å². The Labute approximate surface area is 191 Å². The van der Waals surface area contributed by atoms with E-state index in [1.807, 2.05) is 26.0 Å². The standard InChI is InChI=1S/C23H26ClN3O5/c1-14(2)21(25-22(29)19-8-5-17(27(31)32)13-20(19)24)23(30)26-11-9-16(10-12-26)15-3-6-18(28)7-4-15/h3-8,13-14,16,21,28H,9-12H2,1-2H3,(H,25,29). The van der Waals surface area contributed by atoms with E-state index in [0.717, 1.165) is 24.5 Å². The maximum absolute atomic E-state index is 13.2. The number of nitro groups is 1. The number of halogens is 1. The maximum atomic E-state index is 13.2. The number of hydrogen-bond donors (Lipinski definition) is 2. The van der Waals surface area contributed by atoms with Gasteiger partial charge in [0, 0.05) is 25.2 Å². The zero-order chi connectivity index (χ0) is 23.4. The number of piperidine rings is 1. The predicted octanol–water partition coefficient (Wildman–Crippen LogP) is 4.11. The van der Waals surface area contributed by atoms with Gasteiger partial charge in [-0.2, -0.15) is 0 Å². The molecule has 1 aliphatic heterocycles. The number of amides is 2. The third-order valence-corrected chi connectivity index (χ3v) is 6.11. The first-order valence-electron chi connectivity index (χ1n) is 10.5. The van der Waals surface area contributed by atoms with Crippen LogP contribution in [0.25, 0.3) is 0 Å². The minimum Gasteiger partial charge on any atom is -0.508 e. The summed E-state index contributed by atoms with van der Waals surface area (Å²) in [5, 5.41) is 23.1. The molecule has 0 bridgehead atoms. The summed E-state index contributed by atoms with van der Waals surface area (Å²) >= 11 is 6.07. The van der Waals surface area contributed by atoms with Crippen molar-refractivity contribution in [1.82, 2.24) is 10.2 Å². The maximum Gasteiger partial charge on any atom is 0.270 e. The molecule has 1 heterocycles. The lowest BCUT2D eigenvalue weighted by molar-refractivity contribution is -0.384. The van der Waals surface area contributed by atoms with Crippen LogP contribution in [0.15, 0.2) is 42.5 Å². The SMILES string of the molecule is CC(C)C(NC(=O)c1ccc([N+](=O)[O-])cc1Cl)C(=O)N1CCC(c2ccc(O)cc2)CC1. The first-order chi connectivity index (χ1) is 15.2. The molecule has 0 radical (unpaired) electrons. The van der Waals surface area contributed by atoms with Crippen LogP contribution < -0.4 is 5.32 Å². The molecule has 1 aliphatic rings. The molecular weight excluding hydrogens is 434 g/mol. The van der Waals surface area contributed by atoms with Gasteiger partial charge in [0.05, 0.1) is 15.5 Å². The zero-order valence-corrected chi connectivity index (χ0v) is 18.7. The summed E-state index contributed by atoms with van der Waals surface area (Å²) in [7, 11) is 0. The van der Waals surface area contributed by atoms with Crippen molar-refractivity contribution in [2.75, 3.05) is 13.1 Å². The number of rotatable bonds is 6. The van der Waals surface area contributed by atoms with Crippen LogP contribution in [0.4, 0.5) is 5.69 Å². The molecule has 0 saturated carbocycles. The average molecular weight is 460 g/mol. The van der Waals surface area contributed by atoms with Gasteiger partial charge in [0.1, 0.15) is 11.8 Å². The highest BCUT2D eigenvalue weighted by Gasteiger charge is 2.32. The van der Waals surface area contributed by atoms with Gasteiger partial charge in [-0.1, -0.05) is 37.6 Å². The minimum absolute atomic E-state index is 0.0404. The molecule has 2 aromatic carbocycles. The van der Waals surface area contributed by atoms with E-state index in [9.17, 15) is 24.8 Å². The number of non-ortho nitro benzene ring substituents is 1. The Bertz CT molecular complexity index is 1000. The second-order valence-electron chi connectivity index (χ2n) is 8.31. The van der Waals surface area contributed by atoms with Crippen LogP contribution in [0.5, 0.6) is 5.75 Å². The molecular formula is C23H26ClN3O5. The number of likely N-dealkylation sites (tertiary alicyclic amines) is 1. The molecule has 0 aliphatic carbocycles. The van der Waals surface area contributed by atoms with E-state index in [-0.39, 0.29) is 33.8 Å². The minimum atomic E-state index is -0.737. The van der Waals surface area contributed by atoms with Gasteiger partial charge in [-0.3, -0.25) is 19.7 Å². The number of benzene rings is 2. The predicted molar refractivity (Wildman–Crippen MR) is 121 cm³/mol. The normalized spacial score (nSPS) is 15.4. The fourth-order valence-electron chi connectivity index (χ4n) is 3.91. The lowest BCUT2D eigenvalue weighted by atomic mass is 9.89. The summed E-state index contributed by atoms with van der Waals surface area (Å²) < 4.78 is 0. The van der Waals surface area contributed by atoms with Crippen LogP contribution in [0.3, 0.4) is 0 Å². The van der Waals surface area contributed by atoms with Crippen molar-refractivity contribution in [2.24, 2.45) is 5.92 Å². The fraction of sp³-hybridized carbons (Fsp3) is 0.391. The van der Waals surface area contributed by atoms with Gasteiger partial charge in [-0.15, -0.1) is 0 Å². The van der Waals surface area contributed by atoms with E-state index in [1.165, 1.54) is 12.1 Å². The Balaban J connectivity index is 1.65. The molecule has 1 unspecified atom stereocenters. The molecule has 2 amide bonds. The van der Waals surface area contributed by atoms with Crippen LogP contribution in [0.2, 0.25) is 5.02 Å². The Morgan fingerprint density at radius 2 is 1.78 bits per heavy atom. The number of carbonyl (C=O) groups is 2. The van der Waals surface area contributed by atoms with Crippen molar-refractivity contribution in [3.63, 3.8) is 0 Å². The molecule has 170 valence electrons. The van der Waals surface area contributed by atoms with Crippen molar-refractivity contribution >= 4 is 29.1 Å². The number of carbonyl (C=O) groups excluding carboxylic acids is 2. The number of nitrogens with zero attached hydrogens (tertiary/aromatic N) is 2. The lowest BCUT2D eigenvalue weighted by Gasteiger charge is -2.35. The summed E-state index contributed by atoms with van der Waals surface area (Å²) in [6.45, 7) is 4.84. The van der Waals surface area contributed by atoms with E-state index in [4.69, 9.17) is 11.6 Å². The van der Waals surface area contributed by atoms with Crippen LogP contribution in [0.1, 0.15) is 48.5 Å². The third kappa shape index (κ3) is 5.37. The Morgan fingerprint density at radius 1 is 1.16 bits per heavy atom. The second-order valence-corrected chi connectivity index (χ2v) is 8.71.